The Labute approximate surface area is 314 Å². The third-order valence-corrected chi connectivity index (χ3v) is 8.92. The Balaban J connectivity index is 1.43. The van der Waals surface area contributed by atoms with Crippen molar-refractivity contribution in [1.29, 1.82) is 0 Å². The quantitative estimate of drug-likeness (QED) is 0.132. The molecule has 0 N–H and O–H groups in total. The normalized spacial score (nSPS) is 23.7. The molecule has 0 saturated carbocycles. The van der Waals surface area contributed by atoms with E-state index in [0.29, 0.717) is 16.8 Å². The van der Waals surface area contributed by atoms with Gasteiger partial charge in [0.2, 0.25) is 18.3 Å². The first-order chi connectivity index (χ1) is 26.2. The van der Waals surface area contributed by atoms with E-state index in [1.54, 1.807) is 12.1 Å². The first-order valence-electron chi connectivity index (χ1n) is 17.2. The van der Waals surface area contributed by atoms with Gasteiger partial charge in [0.15, 0.2) is 18.3 Å². The minimum absolute atomic E-state index is 0.129. The molecule has 0 aromatic heterocycles. The minimum atomic E-state index is -1.66. The predicted octanol–water partition coefficient (Wildman–Crippen LogP) is 4.83. The van der Waals surface area contributed by atoms with E-state index in [2.05, 4.69) is 0 Å². The Hall–Kier alpha value is -5.90. The summed E-state index contributed by atoms with van der Waals surface area (Å²) in [5.74, 6) is -5.77. The molecule has 2 fully saturated rings. The number of hydrogen-bond acceptors (Lipinski definition) is 13. The molecule has 2 aliphatic rings. The molecule has 3 aromatic rings. The minimum Gasteiger partial charge on any atom is -0.467 e. The van der Waals surface area contributed by atoms with Crippen molar-refractivity contribution >= 4 is 41.4 Å². The molecular formula is C39H39F2NO13. The number of halogens is 2. The largest absolute Gasteiger partial charge is 0.467 e. The molecule has 5 rings (SSSR count). The lowest BCUT2D eigenvalue weighted by atomic mass is 9.78. The highest BCUT2D eigenvalue weighted by Gasteiger charge is 2.56. The highest BCUT2D eigenvalue weighted by Crippen LogP contribution is 2.47. The van der Waals surface area contributed by atoms with Crippen molar-refractivity contribution in [3.05, 3.63) is 95.6 Å². The summed E-state index contributed by atoms with van der Waals surface area (Å²) in [6.07, 6.45) is -8.18. The van der Waals surface area contributed by atoms with E-state index in [4.69, 9.17) is 33.2 Å². The molecule has 2 heterocycles. The van der Waals surface area contributed by atoms with E-state index in [9.17, 15) is 37.5 Å². The fraction of sp³-hybridized carbons (Fsp3) is 0.385. The molecule has 0 spiro atoms. The second-order valence-electron chi connectivity index (χ2n) is 12.8. The van der Waals surface area contributed by atoms with Gasteiger partial charge in [0.05, 0.1) is 19.1 Å². The summed E-state index contributed by atoms with van der Waals surface area (Å²) >= 11 is 0. The Morgan fingerprint density at radius 3 is 1.82 bits per heavy atom. The number of ether oxygens (including phenoxy) is 7. The van der Waals surface area contributed by atoms with Gasteiger partial charge in [-0.1, -0.05) is 24.3 Å². The van der Waals surface area contributed by atoms with E-state index in [0.717, 1.165) is 27.9 Å². The summed E-state index contributed by atoms with van der Waals surface area (Å²) in [7, 11) is 1.07. The lowest BCUT2D eigenvalue weighted by Gasteiger charge is -2.48. The molecule has 0 aliphatic carbocycles. The average Bonchev–Trinajstić information content (AvgIpc) is 3.13. The van der Waals surface area contributed by atoms with Crippen molar-refractivity contribution in [3.8, 4) is 5.75 Å². The zero-order chi connectivity index (χ0) is 40.0. The van der Waals surface area contributed by atoms with Gasteiger partial charge in [-0.3, -0.25) is 24.0 Å². The smallest absolute Gasteiger partial charge is 0.339 e. The SMILES string of the molecule is COC(=O)C1O[C@H](Oc2ccc([C@@H]3[C@@H](CC[C@H](OC(C)=O)c4ccc(F)cc4)C(=O)N3c3ccc(F)cc3)cc2)C(OC(C)=O)C(OC(C)=O)[C@H]1OC(C)=O. The maximum atomic E-state index is 13.9. The fourth-order valence-corrected chi connectivity index (χ4v) is 6.66. The molecule has 0 radical (unpaired) electrons. The number of methoxy groups -OCH3 is 1. The van der Waals surface area contributed by atoms with Crippen LogP contribution in [0.2, 0.25) is 0 Å². The number of carbonyl (C=O) groups excluding carboxylic acids is 6. The van der Waals surface area contributed by atoms with Gasteiger partial charge in [-0.2, -0.15) is 0 Å². The van der Waals surface area contributed by atoms with E-state index >= 15 is 0 Å². The van der Waals surface area contributed by atoms with Crippen molar-refractivity contribution in [2.45, 2.75) is 83.4 Å². The second-order valence-corrected chi connectivity index (χ2v) is 12.8. The lowest BCUT2D eigenvalue weighted by Crippen LogP contribution is -2.64. The van der Waals surface area contributed by atoms with Gasteiger partial charge in [0.1, 0.15) is 23.5 Å². The highest BCUT2D eigenvalue weighted by atomic mass is 19.1. The molecule has 292 valence electrons. The van der Waals surface area contributed by atoms with Crippen molar-refractivity contribution in [3.63, 3.8) is 0 Å². The second kappa shape index (κ2) is 17.5. The number of β-lactam (4-membered cyclic amide) rings is 1. The Morgan fingerprint density at radius 2 is 1.27 bits per heavy atom. The molecule has 2 saturated heterocycles. The summed E-state index contributed by atoms with van der Waals surface area (Å²) in [5, 5.41) is 0. The third kappa shape index (κ3) is 9.62. The maximum Gasteiger partial charge on any atom is 0.339 e. The third-order valence-electron chi connectivity index (χ3n) is 8.92. The number of benzene rings is 3. The molecule has 2 aliphatic heterocycles. The van der Waals surface area contributed by atoms with E-state index in [1.807, 2.05) is 0 Å². The molecular weight excluding hydrogens is 728 g/mol. The van der Waals surface area contributed by atoms with Crippen LogP contribution < -0.4 is 9.64 Å². The standard InChI is InChI=1S/C39H39F2NO13/c1-20(43)50-31(24-6-10-26(40)11-7-24)19-18-30-32(42(37(30)47)28-14-12-27(41)13-15-28)25-8-16-29(17-9-25)54-39-36(53-23(4)46)34(52-22(3)45)33(51-21(2)44)35(55-39)38(48)49-5/h6-17,30-36,39H,18-19H2,1-5H3/t30-,31+,32-,33-,34?,35?,36?,39+/m1/s1. The molecule has 8 atom stereocenters. The fourth-order valence-electron chi connectivity index (χ4n) is 6.66. The van der Waals surface area contributed by atoms with Gasteiger partial charge in [-0.25, -0.2) is 13.6 Å². The maximum absolute atomic E-state index is 13.9. The Bertz CT molecular complexity index is 1890. The van der Waals surface area contributed by atoms with Crippen LogP contribution in [0.3, 0.4) is 0 Å². The first-order valence-corrected chi connectivity index (χ1v) is 17.2. The first kappa shape index (κ1) is 40.3. The number of amides is 1. The van der Waals surface area contributed by atoms with Gasteiger partial charge in [-0.05, 0) is 72.5 Å². The highest BCUT2D eigenvalue weighted by molar-refractivity contribution is 6.03. The number of hydrogen-bond donors (Lipinski definition) is 0. The molecule has 0 bridgehead atoms. The van der Waals surface area contributed by atoms with E-state index in [-0.39, 0.29) is 24.5 Å². The predicted molar refractivity (Wildman–Crippen MR) is 185 cm³/mol. The Morgan fingerprint density at radius 1 is 0.727 bits per heavy atom. The van der Waals surface area contributed by atoms with Crippen LogP contribution in [0.15, 0.2) is 72.8 Å². The summed E-state index contributed by atoms with van der Waals surface area (Å²) in [5.41, 5.74) is 1.63. The number of nitrogens with zero attached hydrogens (tertiary/aromatic N) is 1. The summed E-state index contributed by atoms with van der Waals surface area (Å²) < 4.78 is 65.9. The number of esters is 5. The van der Waals surface area contributed by atoms with E-state index in [1.165, 1.54) is 72.5 Å². The van der Waals surface area contributed by atoms with Crippen LogP contribution in [0, 0.1) is 17.6 Å². The van der Waals surface area contributed by atoms with Gasteiger partial charge >= 0.3 is 29.8 Å². The van der Waals surface area contributed by atoms with Crippen molar-refractivity contribution < 1.29 is 70.7 Å². The summed E-state index contributed by atoms with van der Waals surface area (Å²) in [4.78, 5) is 76.3. The van der Waals surface area contributed by atoms with Gasteiger partial charge in [-0.15, -0.1) is 0 Å². The van der Waals surface area contributed by atoms with Gasteiger partial charge in [0, 0.05) is 33.4 Å². The lowest BCUT2D eigenvalue weighted by molar-refractivity contribution is -0.282. The molecule has 55 heavy (non-hydrogen) atoms. The molecule has 14 nitrogen and oxygen atoms in total. The van der Waals surface area contributed by atoms with Gasteiger partial charge in [0.25, 0.3) is 0 Å². The summed E-state index contributed by atoms with van der Waals surface area (Å²) in [6.45, 7) is 4.47. The van der Waals surface area contributed by atoms with Crippen LogP contribution >= 0.6 is 0 Å². The average molecular weight is 768 g/mol. The van der Waals surface area contributed by atoms with Crippen molar-refractivity contribution in [1.82, 2.24) is 0 Å². The number of anilines is 1. The van der Waals surface area contributed by atoms with Crippen LogP contribution in [-0.4, -0.2) is 73.6 Å². The Kier molecular flexibility index (Phi) is 12.8. The van der Waals surface area contributed by atoms with Crippen LogP contribution in [0.1, 0.15) is 63.8 Å². The number of rotatable bonds is 13. The summed E-state index contributed by atoms with van der Waals surface area (Å²) in [6, 6.07) is 16.7. The van der Waals surface area contributed by atoms with Crippen LogP contribution in [0.5, 0.6) is 5.75 Å². The number of carbonyl (C=O) groups is 6. The molecule has 3 aromatic carbocycles. The monoisotopic (exact) mass is 767 g/mol. The topological polar surface area (TPSA) is 170 Å². The van der Waals surface area contributed by atoms with E-state index < -0.39 is 90.3 Å². The van der Waals surface area contributed by atoms with Gasteiger partial charge < -0.3 is 38.1 Å². The van der Waals surface area contributed by atoms with Crippen LogP contribution in [-0.2, 0) is 57.2 Å². The van der Waals surface area contributed by atoms with Crippen LogP contribution in [0.4, 0.5) is 14.5 Å². The molecule has 3 unspecified atom stereocenters. The molecule has 1 amide bonds. The van der Waals surface area contributed by atoms with Crippen LogP contribution in [0.25, 0.3) is 0 Å². The van der Waals surface area contributed by atoms with Crippen molar-refractivity contribution in [2.75, 3.05) is 12.0 Å². The molecule has 16 heteroatoms. The zero-order valence-electron chi connectivity index (χ0n) is 30.5. The van der Waals surface area contributed by atoms with Crippen molar-refractivity contribution in [2.24, 2.45) is 5.92 Å². The zero-order valence-corrected chi connectivity index (χ0v) is 30.5.